The highest BCUT2D eigenvalue weighted by Crippen LogP contribution is 2.27. The van der Waals surface area contributed by atoms with Crippen LogP contribution in [0.5, 0.6) is 0 Å². The Morgan fingerprint density at radius 1 is 1.53 bits per heavy atom. The highest BCUT2D eigenvalue weighted by atomic mass is 16.5. The molecule has 0 aliphatic carbocycles. The van der Waals surface area contributed by atoms with Crippen LogP contribution < -0.4 is 0 Å². The van der Waals surface area contributed by atoms with Crippen molar-refractivity contribution < 1.29 is 9.84 Å². The van der Waals surface area contributed by atoms with E-state index in [1.807, 2.05) is 6.07 Å². The molecule has 3 nitrogen and oxygen atoms in total. The zero-order valence-corrected chi connectivity index (χ0v) is 9.07. The van der Waals surface area contributed by atoms with Crippen molar-refractivity contribution >= 4 is 0 Å². The van der Waals surface area contributed by atoms with Gasteiger partial charge in [0.15, 0.2) is 0 Å². The van der Waals surface area contributed by atoms with E-state index in [1.54, 1.807) is 0 Å². The molecule has 3 heteroatoms. The summed E-state index contributed by atoms with van der Waals surface area (Å²) < 4.78 is 5.36. The summed E-state index contributed by atoms with van der Waals surface area (Å²) in [6.07, 6.45) is 1.95. The lowest BCUT2D eigenvalue weighted by Crippen LogP contribution is -2.06. The highest BCUT2D eigenvalue weighted by Gasteiger charge is 2.20. The molecule has 1 aromatic rings. The van der Waals surface area contributed by atoms with Gasteiger partial charge in [0.2, 0.25) is 0 Å². The van der Waals surface area contributed by atoms with E-state index in [0.717, 1.165) is 43.0 Å². The Balaban J connectivity index is 2.29. The zero-order chi connectivity index (χ0) is 10.7. The number of nitrogens with zero attached hydrogens (tertiary/aromatic N) is 1. The molecule has 0 bridgehead atoms. The molecule has 1 aliphatic rings. The van der Waals surface area contributed by atoms with Gasteiger partial charge in [-0.05, 0) is 24.5 Å². The number of ether oxygens (including phenoxy) is 1. The molecule has 1 aliphatic heterocycles. The predicted molar refractivity (Wildman–Crippen MR) is 57.7 cm³/mol. The molecule has 0 saturated carbocycles. The van der Waals surface area contributed by atoms with E-state index >= 15 is 0 Å². The van der Waals surface area contributed by atoms with Crippen LogP contribution in [0.25, 0.3) is 0 Å². The van der Waals surface area contributed by atoms with Gasteiger partial charge in [0, 0.05) is 18.2 Å². The molecular formula is C12H17NO2. The van der Waals surface area contributed by atoms with Crippen molar-refractivity contribution in [2.45, 2.75) is 32.3 Å². The van der Waals surface area contributed by atoms with Crippen molar-refractivity contribution in [1.29, 1.82) is 0 Å². The van der Waals surface area contributed by atoms with E-state index in [9.17, 15) is 5.11 Å². The summed E-state index contributed by atoms with van der Waals surface area (Å²) in [6.45, 7) is 3.69. The number of aromatic nitrogens is 1. The van der Waals surface area contributed by atoms with E-state index < -0.39 is 0 Å². The number of hydrogen-bond donors (Lipinski definition) is 1. The van der Waals surface area contributed by atoms with Crippen LogP contribution in [0, 0.1) is 0 Å². The molecule has 1 fully saturated rings. The molecule has 2 heterocycles. The maximum absolute atomic E-state index is 9.30. The molecular weight excluding hydrogens is 190 g/mol. The largest absolute Gasteiger partial charge is 0.390 e. The minimum atomic E-state index is 0.0275. The number of rotatable bonds is 3. The van der Waals surface area contributed by atoms with E-state index in [-0.39, 0.29) is 6.61 Å². The van der Waals surface area contributed by atoms with Crippen molar-refractivity contribution in [3.63, 3.8) is 0 Å². The van der Waals surface area contributed by atoms with Gasteiger partial charge in [0.1, 0.15) is 0 Å². The van der Waals surface area contributed by atoms with Gasteiger partial charge in [-0.25, -0.2) is 0 Å². The summed E-state index contributed by atoms with van der Waals surface area (Å²) in [6, 6.07) is 4.14. The molecule has 0 spiro atoms. The maximum atomic E-state index is 9.30. The molecule has 1 unspecified atom stereocenters. The van der Waals surface area contributed by atoms with Crippen LogP contribution >= 0.6 is 0 Å². The predicted octanol–water partition coefficient (Wildman–Crippen LogP) is 1.64. The van der Waals surface area contributed by atoms with Gasteiger partial charge in [0.05, 0.1) is 18.9 Å². The van der Waals surface area contributed by atoms with Crippen LogP contribution in [0.4, 0.5) is 0 Å². The number of aryl methyl sites for hydroxylation is 1. The fourth-order valence-corrected chi connectivity index (χ4v) is 2.03. The Labute approximate surface area is 90.1 Å². The number of pyridine rings is 1. The Morgan fingerprint density at radius 2 is 2.40 bits per heavy atom. The Kier molecular flexibility index (Phi) is 3.34. The van der Waals surface area contributed by atoms with Crippen molar-refractivity contribution in [2.75, 3.05) is 13.2 Å². The summed E-state index contributed by atoms with van der Waals surface area (Å²) in [5, 5.41) is 9.30. The van der Waals surface area contributed by atoms with E-state index in [0.29, 0.717) is 5.92 Å². The summed E-state index contributed by atoms with van der Waals surface area (Å²) in [5.74, 6) is 0.422. The van der Waals surface area contributed by atoms with Gasteiger partial charge in [-0.2, -0.15) is 0 Å². The SMILES string of the molecule is CCc1ccc(C2CCOC2)c(CO)n1. The summed E-state index contributed by atoms with van der Waals surface area (Å²) in [7, 11) is 0. The molecule has 0 aromatic carbocycles. The maximum Gasteiger partial charge on any atom is 0.0856 e. The van der Waals surface area contributed by atoms with Crippen LogP contribution in [0.1, 0.15) is 36.2 Å². The monoisotopic (exact) mass is 207 g/mol. The minimum absolute atomic E-state index is 0.0275. The third-order valence-electron chi connectivity index (χ3n) is 2.95. The Bertz CT molecular complexity index is 332. The molecule has 0 amide bonds. The Hall–Kier alpha value is -0.930. The van der Waals surface area contributed by atoms with Crippen LogP contribution in [-0.2, 0) is 17.8 Å². The summed E-state index contributed by atoms with van der Waals surface area (Å²) in [4.78, 5) is 4.45. The van der Waals surface area contributed by atoms with Crippen LogP contribution in [-0.4, -0.2) is 23.3 Å². The first-order chi connectivity index (χ1) is 7.35. The van der Waals surface area contributed by atoms with E-state index in [4.69, 9.17) is 4.74 Å². The summed E-state index contributed by atoms with van der Waals surface area (Å²) in [5.41, 5.74) is 3.03. The number of aliphatic hydroxyl groups excluding tert-OH is 1. The number of hydrogen-bond acceptors (Lipinski definition) is 3. The third-order valence-corrected chi connectivity index (χ3v) is 2.95. The van der Waals surface area contributed by atoms with Gasteiger partial charge in [-0.3, -0.25) is 4.98 Å². The highest BCUT2D eigenvalue weighted by molar-refractivity contribution is 5.27. The Morgan fingerprint density at radius 3 is 3.00 bits per heavy atom. The second kappa shape index (κ2) is 4.73. The molecule has 0 radical (unpaired) electrons. The lowest BCUT2D eigenvalue weighted by molar-refractivity contribution is 0.193. The van der Waals surface area contributed by atoms with Crippen LogP contribution in [0.3, 0.4) is 0 Å². The quantitative estimate of drug-likeness (QED) is 0.819. The summed E-state index contributed by atoms with van der Waals surface area (Å²) >= 11 is 0. The lowest BCUT2D eigenvalue weighted by Gasteiger charge is -2.12. The fraction of sp³-hybridized carbons (Fsp3) is 0.583. The van der Waals surface area contributed by atoms with Crippen molar-refractivity contribution in [2.24, 2.45) is 0 Å². The number of aliphatic hydroxyl groups is 1. The normalized spacial score (nSPS) is 20.8. The third kappa shape index (κ3) is 2.19. The topological polar surface area (TPSA) is 42.4 Å². The molecule has 15 heavy (non-hydrogen) atoms. The van der Waals surface area contributed by atoms with Gasteiger partial charge in [-0.1, -0.05) is 13.0 Å². The molecule has 1 N–H and O–H groups in total. The molecule has 82 valence electrons. The van der Waals surface area contributed by atoms with Gasteiger partial charge >= 0.3 is 0 Å². The van der Waals surface area contributed by atoms with Crippen LogP contribution in [0.2, 0.25) is 0 Å². The van der Waals surface area contributed by atoms with Gasteiger partial charge < -0.3 is 9.84 Å². The first kappa shape index (κ1) is 10.6. The lowest BCUT2D eigenvalue weighted by atomic mass is 9.96. The van der Waals surface area contributed by atoms with Crippen molar-refractivity contribution in [1.82, 2.24) is 4.98 Å². The molecule has 1 saturated heterocycles. The average Bonchev–Trinajstić information content (AvgIpc) is 2.81. The standard InChI is InChI=1S/C12H17NO2/c1-2-10-3-4-11(12(7-14)13-10)9-5-6-15-8-9/h3-4,9,14H,2,5-8H2,1H3. The van der Waals surface area contributed by atoms with Crippen molar-refractivity contribution in [3.8, 4) is 0 Å². The second-order valence-corrected chi connectivity index (χ2v) is 3.91. The van der Waals surface area contributed by atoms with Crippen LogP contribution in [0.15, 0.2) is 12.1 Å². The average molecular weight is 207 g/mol. The molecule has 2 rings (SSSR count). The fourth-order valence-electron chi connectivity index (χ4n) is 2.03. The second-order valence-electron chi connectivity index (χ2n) is 3.91. The van der Waals surface area contributed by atoms with Crippen molar-refractivity contribution in [3.05, 3.63) is 29.1 Å². The van der Waals surface area contributed by atoms with E-state index in [1.165, 1.54) is 0 Å². The molecule has 1 atom stereocenters. The first-order valence-corrected chi connectivity index (χ1v) is 5.52. The van der Waals surface area contributed by atoms with Gasteiger partial charge in [-0.15, -0.1) is 0 Å². The first-order valence-electron chi connectivity index (χ1n) is 5.52. The van der Waals surface area contributed by atoms with Gasteiger partial charge in [0.25, 0.3) is 0 Å². The molecule has 1 aromatic heterocycles. The smallest absolute Gasteiger partial charge is 0.0856 e. The minimum Gasteiger partial charge on any atom is -0.390 e. The van der Waals surface area contributed by atoms with E-state index in [2.05, 4.69) is 18.0 Å². The zero-order valence-electron chi connectivity index (χ0n) is 9.07.